The van der Waals surface area contributed by atoms with E-state index in [-0.39, 0.29) is 18.0 Å². The van der Waals surface area contributed by atoms with Crippen molar-refractivity contribution in [2.24, 2.45) is 0 Å². The summed E-state index contributed by atoms with van der Waals surface area (Å²) in [6.45, 7) is 1.60. The predicted octanol–water partition coefficient (Wildman–Crippen LogP) is 2.07. The van der Waals surface area contributed by atoms with Crippen molar-refractivity contribution < 1.29 is 27.4 Å². The zero-order chi connectivity index (χ0) is 22.6. The summed E-state index contributed by atoms with van der Waals surface area (Å²) in [7, 11) is -3.65. The van der Waals surface area contributed by atoms with E-state index in [9.17, 15) is 13.2 Å². The third kappa shape index (κ3) is 5.03. The molecule has 2 aliphatic heterocycles. The van der Waals surface area contributed by atoms with E-state index in [2.05, 4.69) is 5.32 Å². The molecule has 4 rings (SSSR count). The Kier molecular flexibility index (Phi) is 6.35. The van der Waals surface area contributed by atoms with Gasteiger partial charge in [0, 0.05) is 25.2 Å². The summed E-state index contributed by atoms with van der Waals surface area (Å²) in [6, 6.07) is 14.0. The summed E-state index contributed by atoms with van der Waals surface area (Å²) >= 11 is 0. The van der Waals surface area contributed by atoms with E-state index in [0.717, 1.165) is 5.56 Å². The Hall–Kier alpha value is -3.09. The van der Waals surface area contributed by atoms with Crippen LogP contribution in [0.25, 0.3) is 0 Å². The monoisotopic (exact) mass is 456 g/mol. The number of rotatable bonds is 7. The van der Waals surface area contributed by atoms with Gasteiger partial charge in [-0.05, 0) is 48.2 Å². The van der Waals surface area contributed by atoms with Crippen molar-refractivity contribution in [3.63, 3.8) is 0 Å². The molecule has 2 aromatic carbocycles. The molecular formula is C23H24N2O6S. The molecule has 0 aromatic heterocycles. The first-order chi connectivity index (χ1) is 15.4. The average Bonchev–Trinajstić information content (AvgIpc) is 3.26. The van der Waals surface area contributed by atoms with E-state index in [1.807, 2.05) is 24.3 Å². The lowest BCUT2D eigenvalue weighted by Gasteiger charge is -2.38. The van der Waals surface area contributed by atoms with Crippen LogP contribution in [0.2, 0.25) is 0 Å². The molecule has 1 fully saturated rings. The first-order valence-electron chi connectivity index (χ1n) is 10.3. The van der Waals surface area contributed by atoms with Crippen LogP contribution in [0.5, 0.6) is 11.5 Å². The van der Waals surface area contributed by atoms with Crippen LogP contribution < -0.4 is 14.8 Å². The second-order valence-electron chi connectivity index (χ2n) is 8.08. The summed E-state index contributed by atoms with van der Waals surface area (Å²) in [6.07, 6.45) is 1.40. The van der Waals surface area contributed by atoms with Crippen molar-refractivity contribution in [1.82, 2.24) is 5.32 Å². The largest absolute Gasteiger partial charge is 0.454 e. The molecule has 1 amide bonds. The molecule has 2 aromatic rings. The van der Waals surface area contributed by atoms with Crippen molar-refractivity contribution in [3.8, 4) is 17.6 Å². The number of hydrogen-bond acceptors (Lipinski definition) is 7. The maximum absolute atomic E-state index is 12.5. The number of fused-ring (bicyclic) bond motifs is 1. The lowest BCUT2D eigenvalue weighted by molar-refractivity contribution is -0.119. The number of carbonyl (C=O) groups excluding carboxylic acids is 1. The molecule has 32 heavy (non-hydrogen) atoms. The summed E-state index contributed by atoms with van der Waals surface area (Å²) in [5.41, 5.74) is 1.63. The number of nitriles is 1. The number of nitrogens with one attached hydrogen (secondary N) is 1. The van der Waals surface area contributed by atoms with E-state index < -0.39 is 21.5 Å². The molecule has 168 valence electrons. The van der Waals surface area contributed by atoms with Gasteiger partial charge in [0.1, 0.15) is 5.75 Å². The Balaban J connectivity index is 1.41. The highest BCUT2D eigenvalue weighted by atomic mass is 32.2. The second-order valence-corrected chi connectivity index (χ2v) is 10.1. The van der Waals surface area contributed by atoms with Crippen molar-refractivity contribution in [1.29, 1.82) is 5.26 Å². The van der Waals surface area contributed by atoms with E-state index in [4.69, 9.17) is 19.5 Å². The van der Waals surface area contributed by atoms with Gasteiger partial charge in [0.05, 0.1) is 17.4 Å². The van der Waals surface area contributed by atoms with E-state index in [1.165, 1.54) is 0 Å². The van der Waals surface area contributed by atoms with Crippen molar-refractivity contribution >= 4 is 15.7 Å². The van der Waals surface area contributed by atoms with Crippen molar-refractivity contribution in [2.75, 3.05) is 32.3 Å². The van der Waals surface area contributed by atoms with Gasteiger partial charge in [0.15, 0.2) is 21.3 Å². The van der Waals surface area contributed by atoms with Gasteiger partial charge in [-0.3, -0.25) is 4.79 Å². The molecule has 0 aliphatic carbocycles. The summed E-state index contributed by atoms with van der Waals surface area (Å²) in [4.78, 5) is 12.5. The minimum absolute atomic E-state index is 0.183. The molecule has 8 nitrogen and oxygen atoms in total. The number of sulfone groups is 1. The third-order valence-electron chi connectivity index (χ3n) is 5.88. The van der Waals surface area contributed by atoms with Crippen molar-refractivity contribution in [2.45, 2.75) is 24.0 Å². The van der Waals surface area contributed by atoms with E-state index >= 15 is 0 Å². The lowest BCUT2D eigenvalue weighted by Crippen LogP contribution is -2.45. The standard InChI is InChI=1S/C23H24N2O6S/c24-12-17-1-3-18(4-2-17)13-32(27,28)14-22(26)25-15-23(7-9-29-10-8-23)19-5-6-20-21(11-19)31-16-30-20/h1-6,11H,7-10,13-16H2,(H,25,26). The quantitative estimate of drug-likeness (QED) is 0.678. The molecule has 0 radical (unpaired) electrons. The SMILES string of the molecule is N#Cc1ccc(CS(=O)(=O)CC(=O)NCC2(c3ccc4c(c3)OCO4)CCOCC2)cc1. The molecule has 0 unspecified atom stereocenters. The van der Waals surface area contributed by atoms with Crippen LogP contribution in [0.4, 0.5) is 0 Å². The minimum Gasteiger partial charge on any atom is -0.454 e. The summed E-state index contributed by atoms with van der Waals surface area (Å²) in [5, 5.41) is 11.7. The maximum atomic E-state index is 12.5. The Morgan fingerprint density at radius 2 is 1.78 bits per heavy atom. The molecule has 1 N–H and O–H groups in total. The predicted molar refractivity (Wildman–Crippen MR) is 116 cm³/mol. The van der Waals surface area contributed by atoms with Gasteiger partial charge < -0.3 is 19.5 Å². The fraction of sp³-hybridized carbons (Fsp3) is 0.391. The van der Waals surface area contributed by atoms with Crippen LogP contribution in [0.1, 0.15) is 29.5 Å². The molecule has 0 saturated carbocycles. The van der Waals surface area contributed by atoms with Gasteiger partial charge >= 0.3 is 0 Å². The summed E-state index contributed by atoms with van der Waals surface area (Å²) < 4.78 is 41.4. The third-order valence-corrected chi connectivity index (χ3v) is 7.35. The van der Waals surface area contributed by atoms with Crippen LogP contribution in [0.15, 0.2) is 42.5 Å². The number of amides is 1. The average molecular weight is 457 g/mol. The van der Waals surface area contributed by atoms with Crippen molar-refractivity contribution in [3.05, 3.63) is 59.2 Å². The fourth-order valence-corrected chi connectivity index (χ4v) is 5.36. The van der Waals surface area contributed by atoms with Crippen LogP contribution in [-0.2, 0) is 30.5 Å². The van der Waals surface area contributed by atoms with Gasteiger partial charge in [-0.2, -0.15) is 5.26 Å². The lowest BCUT2D eigenvalue weighted by atomic mass is 9.74. The van der Waals surface area contributed by atoms with E-state index in [0.29, 0.717) is 55.2 Å². The van der Waals surface area contributed by atoms with Crippen LogP contribution >= 0.6 is 0 Å². The highest BCUT2D eigenvalue weighted by Crippen LogP contribution is 2.40. The summed E-state index contributed by atoms with van der Waals surface area (Å²) in [5.74, 6) is -0.0302. The van der Waals surface area contributed by atoms with Crippen LogP contribution in [0, 0.1) is 11.3 Å². The van der Waals surface area contributed by atoms with Gasteiger partial charge in [0.25, 0.3) is 0 Å². The zero-order valence-electron chi connectivity index (χ0n) is 17.5. The minimum atomic E-state index is -3.65. The van der Waals surface area contributed by atoms with Gasteiger partial charge in [-0.1, -0.05) is 18.2 Å². The molecule has 2 heterocycles. The number of ether oxygens (including phenoxy) is 3. The smallest absolute Gasteiger partial charge is 0.235 e. The molecule has 0 spiro atoms. The first-order valence-corrected chi connectivity index (χ1v) is 12.2. The number of carbonyl (C=O) groups is 1. The molecular weight excluding hydrogens is 432 g/mol. The molecule has 9 heteroatoms. The van der Waals surface area contributed by atoms with Gasteiger partial charge in [-0.15, -0.1) is 0 Å². The highest BCUT2D eigenvalue weighted by molar-refractivity contribution is 7.91. The first kappa shape index (κ1) is 22.1. The molecule has 0 atom stereocenters. The molecule has 1 saturated heterocycles. The Bertz CT molecular complexity index is 1130. The molecule has 0 bridgehead atoms. The number of nitrogens with zero attached hydrogens (tertiary/aromatic N) is 1. The van der Waals surface area contributed by atoms with Gasteiger partial charge in [-0.25, -0.2) is 8.42 Å². The Labute approximate surface area is 187 Å². The zero-order valence-corrected chi connectivity index (χ0v) is 18.3. The van der Waals surface area contributed by atoms with Crippen LogP contribution in [0.3, 0.4) is 0 Å². The normalized spacial score (nSPS) is 16.8. The number of hydrogen-bond donors (Lipinski definition) is 1. The second kappa shape index (κ2) is 9.18. The van der Waals surface area contributed by atoms with E-state index in [1.54, 1.807) is 24.3 Å². The van der Waals surface area contributed by atoms with Crippen LogP contribution in [-0.4, -0.2) is 46.6 Å². The number of benzene rings is 2. The van der Waals surface area contributed by atoms with Gasteiger partial charge in [0.2, 0.25) is 12.7 Å². The Morgan fingerprint density at radius 3 is 2.50 bits per heavy atom. The maximum Gasteiger partial charge on any atom is 0.235 e. The fourth-order valence-electron chi connectivity index (χ4n) is 4.06. The highest BCUT2D eigenvalue weighted by Gasteiger charge is 2.36. The molecule has 2 aliphatic rings. The topological polar surface area (TPSA) is 115 Å². The Morgan fingerprint density at radius 1 is 1.06 bits per heavy atom.